The number of aliphatic hydroxyl groups excluding tert-OH is 1. The first-order chi connectivity index (χ1) is 8.63. The van der Waals surface area contributed by atoms with Gasteiger partial charge in [-0.3, -0.25) is 0 Å². The van der Waals surface area contributed by atoms with Crippen LogP contribution in [0.2, 0.25) is 4.34 Å². The van der Waals surface area contributed by atoms with Gasteiger partial charge >= 0.3 is 0 Å². The molecule has 0 fully saturated rings. The molecule has 4 nitrogen and oxygen atoms in total. The standard InChI is InChI=1S/C12H20ClNO3S/c1-9(11-3-4-12(13)18-11)14-7-10(15)8-17-6-5-16-2/h3-4,9-10,14-15H,5-8H2,1-2H3. The molecule has 1 rings (SSSR count). The minimum atomic E-state index is -0.514. The highest BCUT2D eigenvalue weighted by Crippen LogP contribution is 2.26. The Labute approximate surface area is 117 Å². The molecule has 104 valence electrons. The molecule has 2 unspecified atom stereocenters. The van der Waals surface area contributed by atoms with E-state index in [1.54, 1.807) is 18.4 Å². The molecule has 6 heteroatoms. The van der Waals surface area contributed by atoms with E-state index in [9.17, 15) is 5.11 Å². The zero-order chi connectivity index (χ0) is 13.4. The van der Waals surface area contributed by atoms with Gasteiger partial charge in [-0.1, -0.05) is 11.6 Å². The van der Waals surface area contributed by atoms with Gasteiger partial charge in [0.05, 0.1) is 30.3 Å². The molecule has 0 bridgehead atoms. The average Bonchev–Trinajstić information content (AvgIpc) is 2.78. The number of hydrogen-bond donors (Lipinski definition) is 2. The van der Waals surface area contributed by atoms with Gasteiger partial charge < -0.3 is 19.9 Å². The Morgan fingerprint density at radius 3 is 2.83 bits per heavy atom. The number of rotatable bonds is 9. The fourth-order valence-corrected chi connectivity index (χ4v) is 2.48. The van der Waals surface area contributed by atoms with Crippen LogP contribution in [-0.2, 0) is 9.47 Å². The van der Waals surface area contributed by atoms with Crippen LogP contribution in [0.1, 0.15) is 17.8 Å². The fraction of sp³-hybridized carbons (Fsp3) is 0.667. The smallest absolute Gasteiger partial charge is 0.0931 e. The van der Waals surface area contributed by atoms with Crippen molar-refractivity contribution in [3.05, 3.63) is 21.3 Å². The first kappa shape index (κ1) is 15.9. The maximum atomic E-state index is 9.70. The molecule has 1 aromatic rings. The zero-order valence-electron chi connectivity index (χ0n) is 10.7. The number of ether oxygens (including phenoxy) is 2. The number of methoxy groups -OCH3 is 1. The summed E-state index contributed by atoms with van der Waals surface area (Å²) in [7, 11) is 1.62. The summed E-state index contributed by atoms with van der Waals surface area (Å²) in [6.45, 7) is 3.90. The molecule has 2 atom stereocenters. The minimum Gasteiger partial charge on any atom is -0.389 e. The van der Waals surface area contributed by atoms with Crippen molar-refractivity contribution in [1.82, 2.24) is 5.32 Å². The number of thiophene rings is 1. The van der Waals surface area contributed by atoms with Crippen LogP contribution in [0.4, 0.5) is 0 Å². The summed E-state index contributed by atoms with van der Waals surface area (Å²) in [5.74, 6) is 0. The van der Waals surface area contributed by atoms with Gasteiger partial charge in [0, 0.05) is 24.6 Å². The molecule has 1 heterocycles. The quantitative estimate of drug-likeness (QED) is 0.685. The van der Waals surface area contributed by atoms with Crippen molar-refractivity contribution in [2.75, 3.05) is 33.5 Å². The highest BCUT2D eigenvalue weighted by atomic mass is 35.5. The van der Waals surface area contributed by atoms with E-state index in [2.05, 4.69) is 5.32 Å². The normalized spacial score (nSPS) is 14.7. The van der Waals surface area contributed by atoms with E-state index in [0.717, 1.165) is 9.21 Å². The van der Waals surface area contributed by atoms with Crippen molar-refractivity contribution in [1.29, 1.82) is 0 Å². The summed E-state index contributed by atoms with van der Waals surface area (Å²) < 4.78 is 10.9. The monoisotopic (exact) mass is 293 g/mol. The Morgan fingerprint density at radius 1 is 1.44 bits per heavy atom. The van der Waals surface area contributed by atoms with Gasteiger partial charge in [0.2, 0.25) is 0 Å². The average molecular weight is 294 g/mol. The predicted octanol–water partition coefficient (Wildman–Crippen LogP) is 2.08. The van der Waals surface area contributed by atoms with Crippen LogP contribution in [-0.4, -0.2) is 44.7 Å². The van der Waals surface area contributed by atoms with E-state index in [1.807, 2.05) is 19.1 Å². The Kier molecular flexibility index (Phi) is 7.81. The maximum absolute atomic E-state index is 9.70. The predicted molar refractivity (Wildman–Crippen MR) is 74.4 cm³/mol. The van der Waals surface area contributed by atoms with Gasteiger partial charge in [0.25, 0.3) is 0 Å². The van der Waals surface area contributed by atoms with Crippen LogP contribution in [0, 0.1) is 0 Å². The topological polar surface area (TPSA) is 50.7 Å². The Morgan fingerprint density at radius 2 is 2.22 bits per heavy atom. The van der Waals surface area contributed by atoms with Crippen molar-refractivity contribution in [2.24, 2.45) is 0 Å². The van der Waals surface area contributed by atoms with Gasteiger partial charge in [-0.05, 0) is 19.1 Å². The molecule has 0 saturated heterocycles. The lowest BCUT2D eigenvalue weighted by Crippen LogP contribution is -2.32. The SMILES string of the molecule is COCCOCC(O)CNC(C)c1ccc(Cl)s1. The largest absolute Gasteiger partial charge is 0.389 e. The molecule has 0 aliphatic rings. The number of nitrogens with one attached hydrogen (secondary N) is 1. The molecule has 0 spiro atoms. The molecule has 0 aliphatic carbocycles. The van der Waals surface area contributed by atoms with Crippen molar-refractivity contribution in [2.45, 2.75) is 19.1 Å². The fourth-order valence-electron chi connectivity index (χ4n) is 1.39. The molecule has 0 amide bonds. The molecule has 2 N–H and O–H groups in total. The second-order valence-corrected chi connectivity index (χ2v) is 5.74. The zero-order valence-corrected chi connectivity index (χ0v) is 12.3. The lowest BCUT2D eigenvalue weighted by Gasteiger charge is -2.16. The first-order valence-electron chi connectivity index (χ1n) is 5.87. The van der Waals surface area contributed by atoms with E-state index in [4.69, 9.17) is 21.1 Å². The van der Waals surface area contributed by atoms with Gasteiger partial charge in [-0.25, -0.2) is 0 Å². The van der Waals surface area contributed by atoms with E-state index in [-0.39, 0.29) is 6.04 Å². The lowest BCUT2D eigenvalue weighted by molar-refractivity contribution is 0.0131. The molecular formula is C12H20ClNO3S. The molecule has 0 aliphatic heterocycles. The number of halogens is 1. The Hall–Kier alpha value is -0.170. The molecule has 1 aromatic heterocycles. The first-order valence-corrected chi connectivity index (χ1v) is 7.06. The van der Waals surface area contributed by atoms with Crippen molar-refractivity contribution in [3.63, 3.8) is 0 Å². The van der Waals surface area contributed by atoms with E-state index in [1.165, 1.54) is 0 Å². The third-order valence-corrected chi connectivity index (χ3v) is 3.84. The second-order valence-electron chi connectivity index (χ2n) is 3.99. The number of hydrogen-bond acceptors (Lipinski definition) is 5. The summed E-state index contributed by atoms with van der Waals surface area (Å²) in [5.41, 5.74) is 0. The van der Waals surface area contributed by atoms with Crippen molar-refractivity contribution < 1.29 is 14.6 Å². The van der Waals surface area contributed by atoms with E-state index >= 15 is 0 Å². The Balaban J connectivity index is 2.15. The second kappa shape index (κ2) is 8.85. The summed E-state index contributed by atoms with van der Waals surface area (Å²) in [4.78, 5) is 1.16. The van der Waals surface area contributed by atoms with Crippen molar-refractivity contribution >= 4 is 22.9 Å². The third-order valence-electron chi connectivity index (χ3n) is 2.42. The summed E-state index contributed by atoms with van der Waals surface area (Å²) in [5, 5.41) is 12.9. The van der Waals surface area contributed by atoms with E-state index in [0.29, 0.717) is 26.4 Å². The van der Waals surface area contributed by atoms with Crippen molar-refractivity contribution in [3.8, 4) is 0 Å². The van der Waals surface area contributed by atoms with Gasteiger partial charge in [0.1, 0.15) is 0 Å². The minimum absolute atomic E-state index is 0.177. The van der Waals surface area contributed by atoms with E-state index < -0.39 is 6.10 Å². The van der Waals surface area contributed by atoms with Crippen LogP contribution in [0.5, 0.6) is 0 Å². The highest BCUT2D eigenvalue weighted by Gasteiger charge is 2.10. The molecular weight excluding hydrogens is 274 g/mol. The summed E-state index contributed by atoms with van der Waals surface area (Å²) in [6.07, 6.45) is -0.514. The summed E-state index contributed by atoms with van der Waals surface area (Å²) in [6, 6.07) is 4.05. The molecule has 0 radical (unpaired) electrons. The van der Waals surface area contributed by atoms with Gasteiger partial charge in [-0.15, -0.1) is 11.3 Å². The van der Waals surface area contributed by atoms with Gasteiger partial charge in [-0.2, -0.15) is 0 Å². The Bertz CT molecular complexity index is 335. The summed E-state index contributed by atoms with van der Waals surface area (Å²) >= 11 is 7.42. The highest BCUT2D eigenvalue weighted by molar-refractivity contribution is 7.16. The lowest BCUT2D eigenvalue weighted by atomic mass is 10.2. The van der Waals surface area contributed by atoms with Crippen LogP contribution in [0.15, 0.2) is 12.1 Å². The van der Waals surface area contributed by atoms with Gasteiger partial charge in [0.15, 0.2) is 0 Å². The molecule has 0 saturated carbocycles. The maximum Gasteiger partial charge on any atom is 0.0931 e. The van der Waals surface area contributed by atoms with Crippen LogP contribution >= 0.6 is 22.9 Å². The van der Waals surface area contributed by atoms with Crippen LogP contribution in [0.25, 0.3) is 0 Å². The molecule has 0 aromatic carbocycles. The molecule has 18 heavy (non-hydrogen) atoms. The number of aliphatic hydroxyl groups is 1. The van der Waals surface area contributed by atoms with Crippen LogP contribution < -0.4 is 5.32 Å². The van der Waals surface area contributed by atoms with Crippen LogP contribution in [0.3, 0.4) is 0 Å². The third kappa shape index (κ3) is 6.13.